The number of hydrogen-bond donors (Lipinski definition) is 2. The van der Waals surface area contributed by atoms with Crippen LogP contribution in [-0.2, 0) is 0 Å². The van der Waals surface area contributed by atoms with Gasteiger partial charge in [-0.05, 0) is 13.0 Å². The van der Waals surface area contributed by atoms with Gasteiger partial charge >= 0.3 is 5.97 Å². The fourth-order valence-electron chi connectivity index (χ4n) is 1.35. The molecule has 0 bridgehead atoms. The molecule has 17 heavy (non-hydrogen) atoms. The highest BCUT2D eigenvalue weighted by Crippen LogP contribution is 2.20. The summed E-state index contributed by atoms with van der Waals surface area (Å²) in [5.74, 6) is -1.03. The Balaban J connectivity index is 2.37. The van der Waals surface area contributed by atoms with Gasteiger partial charge in [0.15, 0.2) is 0 Å². The first-order chi connectivity index (χ1) is 8.16. The monoisotopic (exact) mass is 230 g/mol. The lowest BCUT2D eigenvalue weighted by molar-refractivity contribution is 0.0697. The molecule has 2 aromatic rings. The maximum atomic E-state index is 11.0. The molecular formula is C11H10N4O2. The van der Waals surface area contributed by atoms with Gasteiger partial charge in [0.1, 0.15) is 11.9 Å². The predicted octanol–water partition coefficient (Wildman–Crippen LogP) is 1.62. The number of aryl methyl sites for hydroxylation is 1. The number of aromatic carboxylic acids is 1. The van der Waals surface area contributed by atoms with Crippen LogP contribution in [0.25, 0.3) is 0 Å². The van der Waals surface area contributed by atoms with E-state index >= 15 is 0 Å². The van der Waals surface area contributed by atoms with Crippen LogP contribution in [0.1, 0.15) is 16.1 Å². The molecule has 0 aliphatic carbocycles. The zero-order valence-electron chi connectivity index (χ0n) is 9.08. The molecule has 0 radical (unpaired) electrons. The van der Waals surface area contributed by atoms with Crippen LogP contribution in [0.5, 0.6) is 0 Å². The van der Waals surface area contributed by atoms with Gasteiger partial charge in [-0.1, -0.05) is 0 Å². The average Bonchev–Trinajstić information content (AvgIpc) is 2.30. The number of carboxylic acid groups (broad SMARTS) is 1. The Kier molecular flexibility index (Phi) is 2.95. The molecule has 86 valence electrons. The molecule has 0 saturated carbocycles. The minimum Gasteiger partial charge on any atom is -0.478 e. The van der Waals surface area contributed by atoms with Gasteiger partial charge < -0.3 is 10.4 Å². The summed E-state index contributed by atoms with van der Waals surface area (Å²) in [6, 6.07) is 1.66. The van der Waals surface area contributed by atoms with Crippen LogP contribution in [0.2, 0.25) is 0 Å². The fraction of sp³-hybridized carbons (Fsp3) is 0.0909. The third-order valence-electron chi connectivity index (χ3n) is 2.11. The normalized spacial score (nSPS) is 9.94. The summed E-state index contributed by atoms with van der Waals surface area (Å²) >= 11 is 0. The van der Waals surface area contributed by atoms with Gasteiger partial charge in [0.25, 0.3) is 0 Å². The Morgan fingerprint density at radius 3 is 2.65 bits per heavy atom. The largest absolute Gasteiger partial charge is 0.478 e. The summed E-state index contributed by atoms with van der Waals surface area (Å²) in [6.45, 7) is 1.79. The van der Waals surface area contributed by atoms with Crippen molar-refractivity contribution in [3.05, 3.63) is 42.2 Å². The summed E-state index contributed by atoms with van der Waals surface area (Å²) in [5.41, 5.74) is 1.94. The van der Waals surface area contributed by atoms with Crippen LogP contribution in [0, 0.1) is 6.92 Å². The SMILES string of the molecule is Cc1cc(Nc2cncnc2)c(C(=O)O)cn1. The molecule has 0 fully saturated rings. The first-order valence-electron chi connectivity index (χ1n) is 4.89. The molecule has 6 nitrogen and oxygen atoms in total. The standard InChI is InChI=1S/C11H10N4O2/c1-7-2-10(9(5-14-7)11(16)17)15-8-3-12-6-13-4-8/h2-6H,1H3,(H,14,15)(H,16,17). The molecule has 6 heteroatoms. The second kappa shape index (κ2) is 4.56. The van der Waals surface area contributed by atoms with Gasteiger partial charge in [-0.25, -0.2) is 14.8 Å². The number of aromatic nitrogens is 3. The van der Waals surface area contributed by atoms with Crippen molar-refractivity contribution in [2.45, 2.75) is 6.92 Å². The van der Waals surface area contributed by atoms with E-state index in [0.29, 0.717) is 11.4 Å². The number of pyridine rings is 1. The average molecular weight is 230 g/mol. The van der Waals surface area contributed by atoms with Crippen molar-refractivity contribution >= 4 is 17.3 Å². The number of carbonyl (C=O) groups is 1. The van der Waals surface area contributed by atoms with E-state index in [2.05, 4.69) is 20.3 Å². The fourth-order valence-corrected chi connectivity index (χ4v) is 1.35. The van der Waals surface area contributed by atoms with Gasteiger partial charge in [-0.3, -0.25) is 4.98 Å². The molecule has 0 aromatic carbocycles. The molecule has 0 aliphatic heterocycles. The molecular weight excluding hydrogens is 220 g/mol. The van der Waals surface area contributed by atoms with E-state index < -0.39 is 5.97 Å². The van der Waals surface area contributed by atoms with Crippen LogP contribution >= 0.6 is 0 Å². The minimum absolute atomic E-state index is 0.111. The summed E-state index contributed by atoms with van der Waals surface area (Å²) in [7, 11) is 0. The lowest BCUT2D eigenvalue weighted by atomic mass is 10.2. The minimum atomic E-state index is -1.03. The molecule has 0 aliphatic rings. The van der Waals surface area contributed by atoms with Gasteiger partial charge in [-0.15, -0.1) is 0 Å². The van der Waals surface area contributed by atoms with Crippen LogP contribution in [0.3, 0.4) is 0 Å². The number of carboxylic acids is 1. The Hall–Kier alpha value is -2.50. The molecule has 2 heterocycles. The smallest absolute Gasteiger partial charge is 0.339 e. The quantitative estimate of drug-likeness (QED) is 0.833. The predicted molar refractivity (Wildman–Crippen MR) is 61.2 cm³/mol. The zero-order valence-corrected chi connectivity index (χ0v) is 9.08. The first-order valence-corrected chi connectivity index (χ1v) is 4.89. The number of anilines is 2. The van der Waals surface area contributed by atoms with Gasteiger partial charge in [0, 0.05) is 11.9 Å². The summed E-state index contributed by atoms with van der Waals surface area (Å²) in [4.78, 5) is 22.6. The van der Waals surface area contributed by atoms with Crippen molar-refractivity contribution in [1.29, 1.82) is 0 Å². The molecule has 0 saturated heterocycles. The van der Waals surface area contributed by atoms with Crippen molar-refractivity contribution in [2.24, 2.45) is 0 Å². The van der Waals surface area contributed by atoms with Gasteiger partial charge in [0.05, 0.1) is 23.8 Å². The molecule has 0 unspecified atom stereocenters. The van der Waals surface area contributed by atoms with E-state index in [9.17, 15) is 4.79 Å². The van der Waals surface area contributed by atoms with Crippen LogP contribution in [0.4, 0.5) is 11.4 Å². The molecule has 2 N–H and O–H groups in total. The maximum absolute atomic E-state index is 11.0. The van der Waals surface area contributed by atoms with Crippen molar-refractivity contribution in [2.75, 3.05) is 5.32 Å². The highest BCUT2D eigenvalue weighted by Gasteiger charge is 2.11. The molecule has 2 rings (SSSR count). The number of hydrogen-bond acceptors (Lipinski definition) is 5. The first kappa shape index (κ1) is 11.0. The van der Waals surface area contributed by atoms with Crippen LogP contribution in [-0.4, -0.2) is 26.0 Å². The van der Waals surface area contributed by atoms with Crippen LogP contribution in [0.15, 0.2) is 31.0 Å². The lowest BCUT2D eigenvalue weighted by Crippen LogP contribution is -2.04. The Bertz CT molecular complexity index is 542. The summed E-state index contributed by atoms with van der Waals surface area (Å²) in [5, 5.41) is 12.0. The van der Waals surface area contributed by atoms with E-state index in [1.807, 2.05) is 0 Å². The topological polar surface area (TPSA) is 88.0 Å². The molecule has 0 amide bonds. The Morgan fingerprint density at radius 2 is 2.00 bits per heavy atom. The Morgan fingerprint density at radius 1 is 1.29 bits per heavy atom. The second-order valence-electron chi connectivity index (χ2n) is 3.43. The van der Waals surface area contributed by atoms with Crippen molar-refractivity contribution in [3.63, 3.8) is 0 Å². The number of nitrogens with one attached hydrogen (secondary N) is 1. The van der Waals surface area contributed by atoms with Crippen molar-refractivity contribution in [1.82, 2.24) is 15.0 Å². The summed E-state index contributed by atoms with van der Waals surface area (Å²) < 4.78 is 0. The highest BCUT2D eigenvalue weighted by molar-refractivity contribution is 5.94. The zero-order chi connectivity index (χ0) is 12.3. The van der Waals surface area contributed by atoms with E-state index in [1.165, 1.54) is 12.5 Å². The van der Waals surface area contributed by atoms with Gasteiger partial charge in [-0.2, -0.15) is 0 Å². The van der Waals surface area contributed by atoms with E-state index in [1.54, 1.807) is 25.4 Å². The number of nitrogens with zero attached hydrogens (tertiary/aromatic N) is 3. The van der Waals surface area contributed by atoms with Crippen molar-refractivity contribution in [3.8, 4) is 0 Å². The van der Waals surface area contributed by atoms with Crippen LogP contribution < -0.4 is 5.32 Å². The van der Waals surface area contributed by atoms with E-state index in [-0.39, 0.29) is 5.56 Å². The Labute approximate surface area is 97.4 Å². The third kappa shape index (κ3) is 2.54. The number of rotatable bonds is 3. The maximum Gasteiger partial charge on any atom is 0.339 e. The third-order valence-corrected chi connectivity index (χ3v) is 2.11. The molecule has 0 atom stereocenters. The van der Waals surface area contributed by atoms with E-state index in [4.69, 9.17) is 5.11 Å². The lowest BCUT2D eigenvalue weighted by Gasteiger charge is -2.09. The van der Waals surface area contributed by atoms with Crippen molar-refractivity contribution < 1.29 is 9.90 Å². The molecule has 2 aromatic heterocycles. The van der Waals surface area contributed by atoms with Gasteiger partial charge in [0.2, 0.25) is 0 Å². The molecule has 0 spiro atoms. The highest BCUT2D eigenvalue weighted by atomic mass is 16.4. The summed E-state index contributed by atoms with van der Waals surface area (Å²) in [6.07, 6.45) is 5.85. The second-order valence-corrected chi connectivity index (χ2v) is 3.43. The van der Waals surface area contributed by atoms with E-state index in [0.717, 1.165) is 5.69 Å².